The molecule has 0 saturated heterocycles. The Balaban J connectivity index is 2.10. The smallest absolute Gasteiger partial charge is 0.148 e. The summed E-state index contributed by atoms with van der Waals surface area (Å²) < 4.78 is 5.51. The van der Waals surface area contributed by atoms with Crippen LogP contribution in [0, 0.1) is 0 Å². The number of carbonyl (C=O) groups is 1. The van der Waals surface area contributed by atoms with E-state index in [-0.39, 0.29) is 5.78 Å². The summed E-state index contributed by atoms with van der Waals surface area (Å²) in [7, 11) is 0. The van der Waals surface area contributed by atoms with E-state index in [1.807, 2.05) is 12.1 Å². The fourth-order valence-corrected chi connectivity index (χ4v) is 1.70. The van der Waals surface area contributed by atoms with Gasteiger partial charge in [-0.1, -0.05) is 0 Å². The fourth-order valence-electron chi connectivity index (χ4n) is 1.70. The molecular weight excluding hydrogens is 190 g/mol. The Bertz CT molecular complexity index is 374. The number of aryl methyl sites for hydroxylation is 1. The van der Waals surface area contributed by atoms with Crippen LogP contribution in [0.1, 0.15) is 18.9 Å². The van der Waals surface area contributed by atoms with E-state index in [2.05, 4.69) is 11.4 Å². The van der Waals surface area contributed by atoms with E-state index in [4.69, 9.17) is 4.74 Å². The van der Waals surface area contributed by atoms with Crippen LogP contribution in [-0.2, 0) is 11.2 Å². The van der Waals surface area contributed by atoms with Crippen molar-refractivity contribution in [3.8, 4) is 5.75 Å². The lowest BCUT2D eigenvalue weighted by atomic mass is 10.1. The van der Waals surface area contributed by atoms with Gasteiger partial charge in [-0.3, -0.25) is 4.79 Å². The Morgan fingerprint density at radius 2 is 2.40 bits per heavy atom. The minimum Gasteiger partial charge on any atom is -0.493 e. The first-order valence-corrected chi connectivity index (χ1v) is 5.25. The first kappa shape index (κ1) is 10.0. The van der Waals surface area contributed by atoms with Gasteiger partial charge in [0.15, 0.2) is 0 Å². The SMILES string of the molecule is CC(=O)CNc1ccc2c(c1)CCCO2. The summed E-state index contributed by atoms with van der Waals surface area (Å²) in [4.78, 5) is 10.8. The summed E-state index contributed by atoms with van der Waals surface area (Å²) >= 11 is 0. The lowest BCUT2D eigenvalue weighted by Gasteiger charge is -2.18. The summed E-state index contributed by atoms with van der Waals surface area (Å²) in [6, 6.07) is 5.99. The summed E-state index contributed by atoms with van der Waals surface area (Å²) in [5, 5.41) is 3.09. The molecule has 1 aliphatic heterocycles. The quantitative estimate of drug-likeness (QED) is 0.820. The van der Waals surface area contributed by atoms with Gasteiger partial charge in [-0.2, -0.15) is 0 Å². The van der Waals surface area contributed by atoms with Gasteiger partial charge < -0.3 is 10.1 Å². The minimum atomic E-state index is 0.143. The second kappa shape index (κ2) is 4.34. The van der Waals surface area contributed by atoms with Crippen LogP contribution in [0.15, 0.2) is 18.2 Å². The normalized spacial score (nSPS) is 13.9. The molecule has 1 N–H and O–H groups in total. The van der Waals surface area contributed by atoms with Gasteiger partial charge in [0.25, 0.3) is 0 Å². The summed E-state index contributed by atoms with van der Waals surface area (Å²) in [6.45, 7) is 2.78. The van der Waals surface area contributed by atoms with E-state index >= 15 is 0 Å². The number of fused-ring (bicyclic) bond motifs is 1. The van der Waals surface area contributed by atoms with Gasteiger partial charge in [0, 0.05) is 5.69 Å². The molecule has 0 spiro atoms. The van der Waals surface area contributed by atoms with Crippen LogP contribution in [0.3, 0.4) is 0 Å². The molecule has 3 heteroatoms. The Kier molecular flexibility index (Phi) is 2.90. The third-order valence-electron chi connectivity index (χ3n) is 2.45. The highest BCUT2D eigenvalue weighted by Gasteiger charge is 2.10. The summed E-state index contributed by atoms with van der Waals surface area (Å²) in [6.07, 6.45) is 2.13. The van der Waals surface area contributed by atoms with Crippen molar-refractivity contribution < 1.29 is 9.53 Å². The Morgan fingerprint density at radius 3 is 3.20 bits per heavy atom. The average Bonchev–Trinajstić information content (AvgIpc) is 2.26. The highest BCUT2D eigenvalue weighted by molar-refractivity contribution is 5.80. The van der Waals surface area contributed by atoms with Gasteiger partial charge in [0.2, 0.25) is 0 Å². The Labute approximate surface area is 89.4 Å². The second-order valence-electron chi connectivity index (χ2n) is 3.83. The fraction of sp³-hybridized carbons (Fsp3) is 0.417. The molecule has 2 rings (SSSR count). The van der Waals surface area contributed by atoms with Crippen LogP contribution in [0.4, 0.5) is 5.69 Å². The first-order valence-electron chi connectivity index (χ1n) is 5.25. The number of ketones is 1. The average molecular weight is 205 g/mol. The van der Waals surface area contributed by atoms with Crippen molar-refractivity contribution in [1.29, 1.82) is 0 Å². The van der Waals surface area contributed by atoms with Crippen LogP contribution < -0.4 is 10.1 Å². The maximum Gasteiger partial charge on any atom is 0.148 e. The van der Waals surface area contributed by atoms with Gasteiger partial charge in [0.1, 0.15) is 11.5 Å². The molecule has 0 unspecified atom stereocenters. The zero-order valence-electron chi connectivity index (χ0n) is 8.88. The van der Waals surface area contributed by atoms with E-state index in [9.17, 15) is 4.79 Å². The Hall–Kier alpha value is -1.51. The molecule has 1 aliphatic rings. The molecule has 80 valence electrons. The molecule has 0 saturated carbocycles. The van der Waals surface area contributed by atoms with E-state index in [0.717, 1.165) is 30.9 Å². The topological polar surface area (TPSA) is 38.3 Å². The number of benzene rings is 1. The molecule has 0 atom stereocenters. The molecule has 1 aromatic carbocycles. The van der Waals surface area contributed by atoms with Gasteiger partial charge in [0.05, 0.1) is 13.2 Å². The van der Waals surface area contributed by atoms with Crippen molar-refractivity contribution in [2.24, 2.45) is 0 Å². The molecule has 0 fully saturated rings. The van der Waals surface area contributed by atoms with Crippen LogP contribution in [0.5, 0.6) is 5.75 Å². The highest BCUT2D eigenvalue weighted by Crippen LogP contribution is 2.27. The number of rotatable bonds is 3. The van der Waals surface area contributed by atoms with E-state index in [0.29, 0.717) is 6.54 Å². The molecular formula is C12H15NO2. The number of hydrogen-bond acceptors (Lipinski definition) is 3. The molecule has 0 aromatic heterocycles. The maximum atomic E-state index is 10.8. The zero-order chi connectivity index (χ0) is 10.7. The highest BCUT2D eigenvalue weighted by atomic mass is 16.5. The van der Waals surface area contributed by atoms with Crippen molar-refractivity contribution in [1.82, 2.24) is 0 Å². The number of Topliss-reactive ketones (excluding diaryl/α,β-unsaturated/α-hetero) is 1. The molecule has 15 heavy (non-hydrogen) atoms. The maximum absolute atomic E-state index is 10.8. The number of hydrogen-bond donors (Lipinski definition) is 1. The second-order valence-corrected chi connectivity index (χ2v) is 3.83. The van der Waals surface area contributed by atoms with Crippen LogP contribution in [0.2, 0.25) is 0 Å². The van der Waals surface area contributed by atoms with Crippen LogP contribution in [-0.4, -0.2) is 18.9 Å². The molecule has 0 radical (unpaired) electrons. The molecule has 0 bridgehead atoms. The van der Waals surface area contributed by atoms with E-state index < -0.39 is 0 Å². The van der Waals surface area contributed by atoms with Crippen molar-refractivity contribution in [2.75, 3.05) is 18.5 Å². The number of nitrogens with one attached hydrogen (secondary N) is 1. The predicted octanol–water partition coefficient (Wildman–Crippen LogP) is 2.01. The largest absolute Gasteiger partial charge is 0.493 e. The number of anilines is 1. The lowest BCUT2D eigenvalue weighted by Crippen LogP contribution is -2.12. The summed E-state index contributed by atoms with van der Waals surface area (Å²) in [5.74, 6) is 1.12. The number of carbonyl (C=O) groups excluding carboxylic acids is 1. The minimum absolute atomic E-state index is 0.143. The standard InChI is InChI=1S/C12H15NO2/c1-9(14)8-13-11-4-5-12-10(7-11)3-2-6-15-12/h4-5,7,13H,2-3,6,8H2,1H3. The Morgan fingerprint density at radius 1 is 1.53 bits per heavy atom. The van der Waals surface area contributed by atoms with E-state index in [1.165, 1.54) is 5.56 Å². The van der Waals surface area contributed by atoms with Gasteiger partial charge in [-0.25, -0.2) is 0 Å². The lowest BCUT2D eigenvalue weighted by molar-refractivity contribution is -0.115. The van der Waals surface area contributed by atoms with Crippen LogP contribution in [0.25, 0.3) is 0 Å². The van der Waals surface area contributed by atoms with Crippen molar-refractivity contribution in [2.45, 2.75) is 19.8 Å². The van der Waals surface area contributed by atoms with Crippen molar-refractivity contribution in [3.63, 3.8) is 0 Å². The third kappa shape index (κ3) is 2.49. The van der Waals surface area contributed by atoms with Crippen LogP contribution >= 0.6 is 0 Å². The number of ether oxygens (including phenoxy) is 1. The zero-order valence-corrected chi connectivity index (χ0v) is 8.88. The molecule has 1 heterocycles. The van der Waals surface area contributed by atoms with Gasteiger partial charge in [-0.15, -0.1) is 0 Å². The third-order valence-corrected chi connectivity index (χ3v) is 2.45. The van der Waals surface area contributed by atoms with Crippen molar-refractivity contribution >= 4 is 11.5 Å². The molecule has 0 aliphatic carbocycles. The molecule has 0 amide bonds. The first-order chi connectivity index (χ1) is 7.25. The van der Waals surface area contributed by atoms with Gasteiger partial charge in [-0.05, 0) is 43.5 Å². The molecule has 1 aromatic rings. The monoisotopic (exact) mass is 205 g/mol. The van der Waals surface area contributed by atoms with E-state index in [1.54, 1.807) is 6.92 Å². The van der Waals surface area contributed by atoms with Gasteiger partial charge >= 0.3 is 0 Å². The predicted molar refractivity (Wildman–Crippen MR) is 59.4 cm³/mol. The van der Waals surface area contributed by atoms with Crippen molar-refractivity contribution in [3.05, 3.63) is 23.8 Å². The summed E-state index contributed by atoms with van der Waals surface area (Å²) in [5.41, 5.74) is 2.23. The molecule has 3 nitrogen and oxygen atoms in total.